The van der Waals surface area contributed by atoms with Crippen molar-refractivity contribution in [1.29, 1.82) is 0 Å². The summed E-state index contributed by atoms with van der Waals surface area (Å²) in [6.45, 7) is 13.6. The van der Waals surface area contributed by atoms with Crippen LogP contribution in [0.25, 0.3) is 0 Å². The fourth-order valence-corrected chi connectivity index (χ4v) is 3.80. The minimum absolute atomic E-state index is 0.399. The van der Waals surface area contributed by atoms with Gasteiger partial charge in [-0.3, -0.25) is 0 Å². The van der Waals surface area contributed by atoms with Crippen LogP contribution in [0, 0.1) is 5.92 Å². The average molecular weight is 261 g/mol. The summed E-state index contributed by atoms with van der Waals surface area (Å²) >= 11 is 0. The molecule has 96 valence electrons. The van der Waals surface area contributed by atoms with Crippen molar-refractivity contribution in [2.45, 2.75) is 65.6 Å². The van der Waals surface area contributed by atoms with Gasteiger partial charge in [0, 0.05) is 10.5 Å². The molecule has 0 N–H and O–H groups in total. The van der Waals surface area contributed by atoms with E-state index in [2.05, 4.69) is 47.6 Å². The van der Waals surface area contributed by atoms with Crippen LogP contribution in [0.3, 0.4) is 0 Å². The normalized spacial score (nSPS) is 13.6. The van der Waals surface area contributed by atoms with Gasteiger partial charge in [-0.05, 0) is 39.0 Å². The zero-order valence-corrected chi connectivity index (χ0v) is 13.4. The molecule has 0 amide bonds. The van der Waals surface area contributed by atoms with Crippen LogP contribution in [-0.4, -0.2) is 10.5 Å². The van der Waals surface area contributed by atoms with E-state index in [4.69, 9.17) is 0 Å². The molecule has 0 radical (unpaired) electrons. The van der Waals surface area contributed by atoms with Gasteiger partial charge in [0.05, 0.1) is 0 Å². The molecular weight excluding hydrogens is 232 g/mol. The van der Waals surface area contributed by atoms with Crippen LogP contribution in [-0.2, 0) is 0 Å². The van der Waals surface area contributed by atoms with Gasteiger partial charge in [-0.15, -0.1) is 0 Å². The Morgan fingerprint density at radius 3 is 2.31 bits per heavy atom. The van der Waals surface area contributed by atoms with Crippen molar-refractivity contribution in [1.82, 2.24) is 0 Å². The van der Waals surface area contributed by atoms with Crippen LogP contribution < -0.4 is 0 Å². The SMILES string of the molecule is CC(C)=CCCC(C)CCSSC(C)(C)C. The van der Waals surface area contributed by atoms with E-state index in [9.17, 15) is 0 Å². The summed E-state index contributed by atoms with van der Waals surface area (Å²) in [7, 11) is 4.04. The first kappa shape index (κ1) is 16.4. The maximum absolute atomic E-state index is 2.38. The highest BCUT2D eigenvalue weighted by atomic mass is 33.1. The predicted molar refractivity (Wildman–Crippen MR) is 82.2 cm³/mol. The fraction of sp³-hybridized carbons (Fsp3) is 0.857. The Balaban J connectivity index is 3.44. The molecule has 0 aromatic carbocycles. The first-order chi connectivity index (χ1) is 7.31. The molecule has 0 aliphatic rings. The minimum Gasteiger partial charge on any atom is -0.0936 e. The van der Waals surface area contributed by atoms with Crippen LogP contribution in [0.2, 0.25) is 0 Å². The molecule has 0 saturated heterocycles. The largest absolute Gasteiger partial charge is 0.0936 e. The molecule has 0 aliphatic carbocycles. The van der Waals surface area contributed by atoms with Gasteiger partial charge in [-0.2, -0.15) is 0 Å². The van der Waals surface area contributed by atoms with Crippen molar-refractivity contribution in [2.24, 2.45) is 5.92 Å². The maximum atomic E-state index is 2.38. The lowest BCUT2D eigenvalue weighted by atomic mass is 10.0. The molecule has 0 saturated carbocycles. The van der Waals surface area contributed by atoms with Crippen molar-refractivity contribution in [3.63, 3.8) is 0 Å². The summed E-state index contributed by atoms with van der Waals surface area (Å²) in [5.74, 6) is 2.15. The highest BCUT2D eigenvalue weighted by Gasteiger charge is 2.11. The third kappa shape index (κ3) is 12.5. The van der Waals surface area contributed by atoms with E-state index in [0.29, 0.717) is 4.75 Å². The second-order valence-electron chi connectivity index (χ2n) is 5.77. The topological polar surface area (TPSA) is 0 Å². The van der Waals surface area contributed by atoms with Crippen LogP contribution >= 0.6 is 21.6 Å². The lowest BCUT2D eigenvalue weighted by Gasteiger charge is -2.17. The lowest BCUT2D eigenvalue weighted by Crippen LogP contribution is -2.05. The van der Waals surface area contributed by atoms with E-state index in [0.717, 1.165) is 5.92 Å². The van der Waals surface area contributed by atoms with Crippen molar-refractivity contribution in [2.75, 3.05) is 5.75 Å². The number of rotatable bonds is 7. The van der Waals surface area contributed by atoms with Crippen molar-refractivity contribution >= 4 is 21.6 Å². The smallest absolute Gasteiger partial charge is 0.0179 e. The third-order valence-electron chi connectivity index (χ3n) is 2.21. The Bertz CT molecular complexity index is 197. The van der Waals surface area contributed by atoms with Gasteiger partial charge in [-0.25, -0.2) is 0 Å². The summed E-state index contributed by atoms with van der Waals surface area (Å²) in [4.78, 5) is 0. The van der Waals surface area contributed by atoms with E-state index in [1.54, 1.807) is 0 Å². The maximum Gasteiger partial charge on any atom is 0.0179 e. The summed E-state index contributed by atoms with van der Waals surface area (Å²) in [5, 5.41) is 0. The molecule has 1 unspecified atom stereocenters. The van der Waals surface area contributed by atoms with Gasteiger partial charge in [0.15, 0.2) is 0 Å². The zero-order valence-electron chi connectivity index (χ0n) is 11.8. The van der Waals surface area contributed by atoms with E-state index in [-0.39, 0.29) is 0 Å². The fourth-order valence-electron chi connectivity index (χ4n) is 1.27. The number of hydrogen-bond donors (Lipinski definition) is 0. The Kier molecular flexibility index (Phi) is 8.75. The molecule has 0 aromatic rings. The molecule has 16 heavy (non-hydrogen) atoms. The van der Waals surface area contributed by atoms with Gasteiger partial charge in [-0.1, -0.05) is 60.9 Å². The predicted octanol–water partition coefficient (Wildman–Crippen LogP) is 5.94. The van der Waals surface area contributed by atoms with Gasteiger partial charge >= 0.3 is 0 Å². The van der Waals surface area contributed by atoms with E-state index in [1.807, 2.05) is 21.6 Å². The molecule has 0 rings (SSSR count). The lowest BCUT2D eigenvalue weighted by molar-refractivity contribution is 0.525. The summed E-state index contributed by atoms with van der Waals surface area (Å²) in [5.41, 5.74) is 1.45. The standard InChI is InChI=1S/C14H28S2/c1-12(2)8-7-9-13(3)10-11-15-16-14(4,5)6/h8,13H,7,9-11H2,1-6H3. The van der Waals surface area contributed by atoms with Gasteiger partial charge < -0.3 is 0 Å². The molecule has 0 bridgehead atoms. The van der Waals surface area contributed by atoms with E-state index < -0.39 is 0 Å². The number of allylic oxidation sites excluding steroid dienone is 2. The first-order valence-electron chi connectivity index (χ1n) is 6.25. The van der Waals surface area contributed by atoms with Gasteiger partial charge in [0.1, 0.15) is 0 Å². The molecule has 0 heterocycles. The first-order valence-corrected chi connectivity index (χ1v) is 8.57. The minimum atomic E-state index is 0.399. The molecule has 1 atom stereocenters. The third-order valence-corrected chi connectivity index (χ3v) is 5.59. The summed E-state index contributed by atoms with van der Waals surface area (Å²) in [6.07, 6.45) is 6.30. The van der Waals surface area contributed by atoms with Crippen LogP contribution in [0.1, 0.15) is 60.8 Å². The van der Waals surface area contributed by atoms with E-state index >= 15 is 0 Å². The molecule has 0 aromatic heterocycles. The van der Waals surface area contributed by atoms with Crippen molar-refractivity contribution < 1.29 is 0 Å². The molecule has 0 fully saturated rings. The van der Waals surface area contributed by atoms with Gasteiger partial charge in [0.25, 0.3) is 0 Å². The Hall–Kier alpha value is 0.440. The average Bonchev–Trinajstić information content (AvgIpc) is 2.10. The van der Waals surface area contributed by atoms with Gasteiger partial charge in [0.2, 0.25) is 0 Å². The Morgan fingerprint density at radius 1 is 1.19 bits per heavy atom. The Morgan fingerprint density at radius 2 is 1.81 bits per heavy atom. The van der Waals surface area contributed by atoms with Crippen LogP contribution in [0.5, 0.6) is 0 Å². The molecule has 2 heteroatoms. The second kappa shape index (κ2) is 8.52. The monoisotopic (exact) mass is 260 g/mol. The zero-order chi connectivity index (χ0) is 12.6. The number of hydrogen-bond acceptors (Lipinski definition) is 2. The van der Waals surface area contributed by atoms with E-state index in [1.165, 1.54) is 30.6 Å². The summed E-state index contributed by atoms with van der Waals surface area (Å²) in [6, 6.07) is 0. The molecule has 0 spiro atoms. The van der Waals surface area contributed by atoms with Crippen molar-refractivity contribution in [3.05, 3.63) is 11.6 Å². The van der Waals surface area contributed by atoms with Crippen molar-refractivity contribution in [3.8, 4) is 0 Å². The highest BCUT2D eigenvalue weighted by Crippen LogP contribution is 2.35. The molecule has 0 aliphatic heterocycles. The van der Waals surface area contributed by atoms with Crippen LogP contribution in [0.4, 0.5) is 0 Å². The van der Waals surface area contributed by atoms with Crippen LogP contribution in [0.15, 0.2) is 11.6 Å². The Labute approximate surface area is 110 Å². The molecular formula is C14H28S2. The summed E-state index contributed by atoms with van der Waals surface area (Å²) < 4.78 is 0.399. The quantitative estimate of drug-likeness (QED) is 0.316. The highest BCUT2D eigenvalue weighted by molar-refractivity contribution is 8.77. The molecule has 0 nitrogen and oxygen atoms in total. The second-order valence-corrected chi connectivity index (χ2v) is 9.01.